The molecule has 1 unspecified atom stereocenters. The maximum atomic E-state index is 13.1. The number of methoxy groups -OCH3 is 2. The van der Waals surface area contributed by atoms with Gasteiger partial charge in [0.05, 0.1) is 25.8 Å². The highest BCUT2D eigenvalue weighted by atomic mass is 79.9. The molecule has 32 heavy (non-hydrogen) atoms. The highest BCUT2D eigenvalue weighted by Crippen LogP contribution is 2.42. The summed E-state index contributed by atoms with van der Waals surface area (Å²) in [6.07, 6.45) is 0. The van der Waals surface area contributed by atoms with Gasteiger partial charge in [-0.1, -0.05) is 28.1 Å². The average Bonchev–Trinajstić information content (AvgIpc) is 3.03. The van der Waals surface area contributed by atoms with Gasteiger partial charge in [-0.25, -0.2) is 0 Å². The number of aliphatic hydroxyl groups excluding tert-OH is 1. The molecule has 1 aliphatic rings. The van der Waals surface area contributed by atoms with Gasteiger partial charge in [0, 0.05) is 23.1 Å². The van der Waals surface area contributed by atoms with Crippen molar-refractivity contribution in [2.45, 2.75) is 13.0 Å². The predicted octanol–water partition coefficient (Wildman–Crippen LogP) is 3.76. The molecule has 1 heterocycles. The first-order valence-corrected chi connectivity index (χ1v) is 10.9. The van der Waals surface area contributed by atoms with Crippen molar-refractivity contribution in [3.63, 3.8) is 0 Å². The molecule has 8 heteroatoms. The molecule has 0 radical (unpaired) electrons. The van der Waals surface area contributed by atoms with Gasteiger partial charge >= 0.3 is 0 Å². The second kappa shape index (κ2) is 9.75. The zero-order chi connectivity index (χ0) is 23.6. The summed E-state index contributed by atoms with van der Waals surface area (Å²) in [6.45, 7) is 2.78. The Morgan fingerprint density at radius 3 is 2.38 bits per heavy atom. The van der Waals surface area contributed by atoms with Crippen molar-refractivity contribution < 1.29 is 24.2 Å². The monoisotopic (exact) mass is 502 g/mol. The number of amides is 1. The van der Waals surface area contributed by atoms with Gasteiger partial charge in [-0.05, 0) is 56.4 Å². The molecule has 2 aromatic rings. The topological polar surface area (TPSA) is 79.3 Å². The number of nitrogens with zero attached hydrogens (tertiary/aromatic N) is 2. The Balaban J connectivity index is 2.20. The number of rotatable bonds is 7. The summed E-state index contributed by atoms with van der Waals surface area (Å²) in [5, 5.41) is 11.2. The molecule has 0 aliphatic carbocycles. The molecule has 0 aromatic heterocycles. The third-order valence-corrected chi connectivity index (χ3v) is 6.37. The van der Waals surface area contributed by atoms with Gasteiger partial charge in [0.15, 0.2) is 11.5 Å². The van der Waals surface area contributed by atoms with Crippen molar-refractivity contribution in [3.8, 4) is 11.5 Å². The SMILES string of the molecule is COc1ccc(C2/C(=C(/O)c3ccc(Br)c(C)c3)C(=O)C(=O)N2CCN(C)C)cc1OC. The minimum atomic E-state index is -0.751. The van der Waals surface area contributed by atoms with Crippen molar-refractivity contribution in [2.75, 3.05) is 41.4 Å². The second-order valence-electron chi connectivity index (χ2n) is 7.87. The summed E-state index contributed by atoms with van der Waals surface area (Å²) in [4.78, 5) is 29.5. The number of halogens is 1. The van der Waals surface area contributed by atoms with Crippen LogP contribution in [0.1, 0.15) is 22.7 Å². The first-order valence-electron chi connectivity index (χ1n) is 10.1. The van der Waals surface area contributed by atoms with Crippen LogP contribution in [0.3, 0.4) is 0 Å². The molecule has 170 valence electrons. The fourth-order valence-corrected chi connectivity index (χ4v) is 3.98. The van der Waals surface area contributed by atoms with Crippen LogP contribution in [-0.2, 0) is 9.59 Å². The lowest BCUT2D eigenvalue weighted by atomic mass is 9.94. The van der Waals surface area contributed by atoms with E-state index < -0.39 is 17.7 Å². The lowest BCUT2D eigenvalue weighted by Crippen LogP contribution is -2.35. The Kier molecular flexibility index (Phi) is 7.26. The Hall–Kier alpha value is -2.84. The van der Waals surface area contributed by atoms with Gasteiger partial charge in [0.2, 0.25) is 0 Å². The summed E-state index contributed by atoms with van der Waals surface area (Å²) >= 11 is 3.45. The van der Waals surface area contributed by atoms with Gasteiger partial charge in [-0.3, -0.25) is 9.59 Å². The summed E-state index contributed by atoms with van der Waals surface area (Å²) in [7, 11) is 6.85. The van der Waals surface area contributed by atoms with E-state index in [1.165, 1.54) is 19.1 Å². The number of aryl methyl sites for hydroxylation is 1. The van der Waals surface area contributed by atoms with Crippen LogP contribution < -0.4 is 9.47 Å². The van der Waals surface area contributed by atoms with E-state index in [9.17, 15) is 14.7 Å². The van der Waals surface area contributed by atoms with Crippen LogP contribution in [-0.4, -0.2) is 68.0 Å². The second-order valence-corrected chi connectivity index (χ2v) is 8.73. The number of likely N-dealkylation sites (tertiary alicyclic amines) is 1. The zero-order valence-electron chi connectivity index (χ0n) is 18.8. The summed E-state index contributed by atoms with van der Waals surface area (Å²) in [6, 6.07) is 9.78. The Bertz CT molecular complexity index is 1080. The molecule has 0 bridgehead atoms. The number of carbonyl (C=O) groups excluding carboxylic acids is 2. The van der Waals surface area contributed by atoms with Crippen molar-refractivity contribution in [2.24, 2.45) is 0 Å². The van der Waals surface area contributed by atoms with E-state index in [1.807, 2.05) is 25.9 Å². The van der Waals surface area contributed by atoms with Crippen molar-refractivity contribution in [3.05, 3.63) is 63.1 Å². The van der Waals surface area contributed by atoms with E-state index in [4.69, 9.17) is 9.47 Å². The van der Waals surface area contributed by atoms with E-state index in [2.05, 4.69) is 15.9 Å². The summed E-state index contributed by atoms with van der Waals surface area (Å²) in [5.41, 5.74) is 2.08. The number of hydrogen-bond acceptors (Lipinski definition) is 6. The van der Waals surface area contributed by atoms with Crippen molar-refractivity contribution in [1.82, 2.24) is 9.80 Å². The molecule has 1 aliphatic heterocycles. The first kappa shape index (κ1) is 23.8. The molecule has 0 spiro atoms. The van der Waals surface area contributed by atoms with Crippen LogP contribution in [0.4, 0.5) is 0 Å². The normalized spacial score (nSPS) is 17.8. The standard InChI is InChI=1S/C24H27BrN2O5/c1-14-12-16(6-8-17(14)25)22(28)20-21(15-7-9-18(31-4)19(13-15)32-5)27(11-10-26(2)3)24(30)23(20)29/h6-9,12-13,21,28H,10-11H2,1-5H3/b22-20-. The highest BCUT2D eigenvalue weighted by Gasteiger charge is 2.46. The number of hydrogen-bond donors (Lipinski definition) is 1. The fourth-order valence-electron chi connectivity index (χ4n) is 3.74. The number of likely N-dealkylation sites (N-methyl/N-ethyl adjacent to an activating group) is 1. The van der Waals surface area contributed by atoms with Gasteiger partial charge in [-0.2, -0.15) is 0 Å². The Labute approximate surface area is 196 Å². The van der Waals surface area contributed by atoms with E-state index in [0.29, 0.717) is 35.7 Å². The Morgan fingerprint density at radius 1 is 1.09 bits per heavy atom. The molecule has 1 saturated heterocycles. The van der Waals surface area contributed by atoms with Gasteiger partial charge in [-0.15, -0.1) is 0 Å². The number of ketones is 1. The fraction of sp³-hybridized carbons (Fsp3) is 0.333. The Morgan fingerprint density at radius 2 is 1.78 bits per heavy atom. The number of carbonyl (C=O) groups is 2. The van der Waals surface area contributed by atoms with E-state index in [-0.39, 0.29) is 11.3 Å². The maximum Gasteiger partial charge on any atom is 0.295 e. The minimum Gasteiger partial charge on any atom is -0.507 e. The minimum absolute atomic E-state index is 0.0581. The summed E-state index contributed by atoms with van der Waals surface area (Å²) in [5.74, 6) is -0.539. The molecule has 7 nitrogen and oxygen atoms in total. The van der Waals surface area contributed by atoms with E-state index in [0.717, 1.165) is 10.0 Å². The summed E-state index contributed by atoms with van der Waals surface area (Å²) < 4.78 is 11.6. The molecular weight excluding hydrogens is 476 g/mol. The van der Waals surface area contributed by atoms with E-state index in [1.54, 1.807) is 36.4 Å². The molecule has 3 rings (SSSR count). The van der Waals surface area contributed by atoms with Crippen LogP contribution in [0, 0.1) is 6.92 Å². The third kappa shape index (κ3) is 4.52. The van der Waals surface area contributed by atoms with Crippen LogP contribution in [0.15, 0.2) is 46.4 Å². The molecular formula is C24H27BrN2O5. The average molecular weight is 503 g/mol. The molecule has 0 saturated carbocycles. The first-order chi connectivity index (χ1) is 15.2. The van der Waals surface area contributed by atoms with E-state index >= 15 is 0 Å². The van der Waals surface area contributed by atoms with Crippen LogP contribution in [0.2, 0.25) is 0 Å². The van der Waals surface area contributed by atoms with Crippen LogP contribution >= 0.6 is 15.9 Å². The predicted molar refractivity (Wildman–Crippen MR) is 126 cm³/mol. The molecule has 1 fully saturated rings. The van der Waals surface area contributed by atoms with Crippen molar-refractivity contribution >= 4 is 33.4 Å². The van der Waals surface area contributed by atoms with Crippen LogP contribution in [0.5, 0.6) is 11.5 Å². The van der Waals surface area contributed by atoms with Crippen LogP contribution in [0.25, 0.3) is 5.76 Å². The number of ether oxygens (including phenoxy) is 2. The number of aliphatic hydroxyl groups is 1. The molecule has 2 aromatic carbocycles. The largest absolute Gasteiger partial charge is 0.507 e. The van der Waals surface area contributed by atoms with Gasteiger partial charge < -0.3 is 24.4 Å². The number of Topliss-reactive ketones (excluding diaryl/α,β-unsaturated/α-hetero) is 1. The maximum absolute atomic E-state index is 13.1. The smallest absolute Gasteiger partial charge is 0.295 e. The lowest BCUT2D eigenvalue weighted by Gasteiger charge is -2.27. The lowest BCUT2D eigenvalue weighted by molar-refractivity contribution is -0.140. The highest BCUT2D eigenvalue weighted by molar-refractivity contribution is 9.10. The molecule has 1 atom stereocenters. The third-order valence-electron chi connectivity index (χ3n) is 5.48. The van der Waals surface area contributed by atoms with Gasteiger partial charge in [0.1, 0.15) is 5.76 Å². The molecule has 1 N–H and O–H groups in total. The van der Waals surface area contributed by atoms with Crippen molar-refractivity contribution in [1.29, 1.82) is 0 Å². The molecule has 1 amide bonds. The number of benzene rings is 2. The van der Waals surface area contributed by atoms with Gasteiger partial charge in [0.25, 0.3) is 11.7 Å². The zero-order valence-corrected chi connectivity index (χ0v) is 20.4. The quantitative estimate of drug-likeness (QED) is 0.352.